The van der Waals surface area contributed by atoms with Crippen LogP contribution >= 0.6 is 0 Å². The molecular weight excluding hydrogens is 614 g/mol. The van der Waals surface area contributed by atoms with E-state index in [0.29, 0.717) is 19.6 Å². The summed E-state index contributed by atoms with van der Waals surface area (Å²) in [5, 5.41) is 14.9. The average Bonchev–Trinajstić information content (AvgIpc) is 3.59. The number of nitrogens with one attached hydrogen (secondary N) is 1. The third-order valence-corrected chi connectivity index (χ3v) is 10.3. The van der Waals surface area contributed by atoms with Gasteiger partial charge in [-0.25, -0.2) is 9.59 Å². The van der Waals surface area contributed by atoms with Crippen LogP contribution in [0.1, 0.15) is 58.9 Å². The number of carbonyl (C=O) groups excluding carboxylic acids is 3. The zero-order valence-corrected chi connectivity index (χ0v) is 29.3. The largest absolute Gasteiger partial charge is 0.413 e. The van der Waals surface area contributed by atoms with Crippen LogP contribution in [-0.2, 0) is 4.79 Å². The van der Waals surface area contributed by atoms with Crippen molar-refractivity contribution >= 4 is 28.9 Å². The molecule has 3 fully saturated rings. The maximum Gasteiger partial charge on any atom is 0.413 e. The quantitative estimate of drug-likeness (QED) is 0.374. The third kappa shape index (κ3) is 8.12. The molecule has 1 aromatic carbocycles. The number of aliphatic hydroxyl groups is 1. The monoisotopic (exact) mass is 667 g/mol. The van der Waals surface area contributed by atoms with Gasteiger partial charge in [-0.1, -0.05) is 18.2 Å². The van der Waals surface area contributed by atoms with Gasteiger partial charge in [-0.15, -0.1) is 0 Å². The topological polar surface area (TPSA) is 131 Å². The predicted octanol–water partition coefficient (Wildman–Crippen LogP) is 2.56. The maximum atomic E-state index is 13.2. The molecule has 2 aromatic rings. The minimum Gasteiger partial charge on any atom is -0.404 e. The molecule has 0 saturated carbocycles. The molecule has 3 aliphatic heterocycles. The minimum atomic E-state index is -0.697. The number of urea groups is 1. The molecule has 48 heavy (non-hydrogen) atoms. The number of likely N-dealkylation sites (N-methyl/N-ethyl adjacent to an activating group) is 1. The number of amides is 4. The summed E-state index contributed by atoms with van der Waals surface area (Å²) in [5.41, 5.74) is 0.460. The van der Waals surface area contributed by atoms with E-state index >= 15 is 0 Å². The van der Waals surface area contributed by atoms with Gasteiger partial charge in [0.2, 0.25) is 5.91 Å². The number of aromatic nitrogens is 1. The van der Waals surface area contributed by atoms with E-state index in [4.69, 9.17) is 4.74 Å². The van der Waals surface area contributed by atoms with Crippen LogP contribution in [0.2, 0.25) is 0 Å². The first kappa shape index (κ1) is 35.6. The minimum absolute atomic E-state index is 0.00905. The first-order valence-corrected chi connectivity index (χ1v) is 17.3. The fraction of sp³-hybridized carbons (Fsp3) is 0.657. The van der Waals surface area contributed by atoms with Gasteiger partial charge in [0.05, 0.1) is 11.6 Å². The van der Waals surface area contributed by atoms with Gasteiger partial charge < -0.3 is 34.4 Å². The molecule has 1 aromatic heterocycles. The van der Waals surface area contributed by atoms with Gasteiger partial charge in [0.25, 0.3) is 5.56 Å². The van der Waals surface area contributed by atoms with E-state index in [0.717, 1.165) is 56.1 Å². The Morgan fingerprint density at radius 1 is 1.06 bits per heavy atom. The first-order chi connectivity index (χ1) is 22.8. The number of likely N-dealkylation sites (tertiary alicyclic amines) is 1. The highest BCUT2D eigenvalue weighted by molar-refractivity contribution is 5.81. The summed E-state index contributed by atoms with van der Waals surface area (Å²) in [5.74, 6) is -0.0598. The second kappa shape index (κ2) is 15.3. The van der Waals surface area contributed by atoms with E-state index in [1.807, 2.05) is 45.2 Å². The van der Waals surface area contributed by atoms with Gasteiger partial charge in [0, 0.05) is 103 Å². The highest BCUT2D eigenvalue weighted by Gasteiger charge is 2.42. The number of piperidine rings is 1. The van der Waals surface area contributed by atoms with Crippen molar-refractivity contribution in [3.05, 3.63) is 40.7 Å². The van der Waals surface area contributed by atoms with Crippen molar-refractivity contribution < 1.29 is 24.2 Å². The Labute approximate surface area is 283 Å². The molecule has 0 spiro atoms. The molecule has 4 heterocycles. The van der Waals surface area contributed by atoms with Crippen LogP contribution < -0.4 is 15.6 Å². The molecule has 3 aliphatic rings. The summed E-state index contributed by atoms with van der Waals surface area (Å²) < 4.78 is 7.24. The van der Waals surface area contributed by atoms with Crippen molar-refractivity contribution in [3.63, 3.8) is 0 Å². The molecule has 2 bridgehead atoms. The number of para-hydroxylation sites is 1. The Balaban J connectivity index is 1.10. The highest BCUT2D eigenvalue weighted by atomic mass is 16.6. The summed E-state index contributed by atoms with van der Waals surface area (Å²) in [6.07, 6.45) is 2.97. The molecule has 13 nitrogen and oxygen atoms in total. The molecule has 0 radical (unpaired) electrons. The van der Waals surface area contributed by atoms with Crippen LogP contribution in [0.25, 0.3) is 10.9 Å². The number of hydrogen-bond acceptors (Lipinski definition) is 8. The Morgan fingerprint density at radius 3 is 2.40 bits per heavy atom. The number of pyridine rings is 1. The van der Waals surface area contributed by atoms with Crippen molar-refractivity contribution in [1.29, 1.82) is 0 Å². The Morgan fingerprint density at radius 2 is 1.75 bits per heavy atom. The van der Waals surface area contributed by atoms with Crippen molar-refractivity contribution in [1.82, 2.24) is 34.4 Å². The summed E-state index contributed by atoms with van der Waals surface area (Å²) in [6.45, 7) is 8.96. The van der Waals surface area contributed by atoms with Gasteiger partial charge >= 0.3 is 12.1 Å². The number of benzene rings is 1. The smallest absolute Gasteiger partial charge is 0.404 e. The van der Waals surface area contributed by atoms with Crippen molar-refractivity contribution in [2.24, 2.45) is 0 Å². The lowest BCUT2D eigenvalue weighted by atomic mass is 9.97. The number of aliphatic hydroxyl groups excluding tert-OH is 1. The number of ether oxygens (including phenoxy) is 1. The lowest BCUT2D eigenvalue weighted by Crippen LogP contribution is -2.54. The zero-order valence-electron chi connectivity index (χ0n) is 29.3. The standard InChI is InChI=1S/C35H53N7O6/c1-23(2)42-31-10-8-7-9-25(31)17-32(33(42)45)48-34(46)36-26-18-27-11-12-28(19-26)41(27)22-30(44)21-40(24(3)43)16-15-39-14-13-29(20-39)38(6)35(47)37(4)5/h7-10,17,23,26-30,44H,11-16,18-22H2,1-6H3,(H,36,46)/t26-,27-,28+,29?,30?. The van der Waals surface area contributed by atoms with E-state index in [1.54, 1.807) is 46.4 Å². The second-order valence-corrected chi connectivity index (χ2v) is 14.3. The second-order valence-electron chi connectivity index (χ2n) is 14.3. The third-order valence-electron chi connectivity index (χ3n) is 10.3. The lowest BCUT2D eigenvalue weighted by molar-refractivity contribution is -0.130. The Bertz CT molecular complexity index is 1510. The SMILES string of the molecule is CC(=O)N(CCN1CCC(N(C)C(=O)N(C)C)C1)CC(O)CN1[C@@H]2CC[C@H]1C[C@H](NC(=O)Oc1cc3ccccc3n(C(C)C)c1=O)C2. The number of carbonyl (C=O) groups is 3. The van der Waals surface area contributed by atoms with Gasteiger partial charge in [0.1, 0.15) is 0 Å². The van der Waals surface area contributed by atoms with Crippen LogP contribution in [0.5, 0.6) is 5.75 Å². The molecule has 5 atom stereocenters. The summed E-state index contributed by atoms with van der Waals surface area (Å²) in [7, 11) is 5.34. The summed E-state index contributed by atoms with van der Waals surface area (Å²) in [4.78, 5) is 60.8. The summed E-state index contributed by atoms with van der Waals surface area (Å²) in [6, 6.07) is 9.54. The number of nitrogens with zero attached hydrogens (tertiary/aromatic N) is 6. The summed E-state index contributed by atoms with van der Waals surface area (Å²) >= 11 is 0. The van der Waals surface area contributed by atoms with E-state index < -0.39 is 12.2 Å². The predicted molar refractivity (Wildman–Crippen MR) is 184 cm³/mol. The zero-order chi connectivity index (χ0) is 34.7. The van der Waals surface area contributed by atoms with Gasteiger partial charge in [0.15, 0.2) is 5.75 Å². The molecule has 0 aliphatic carbocycles. The molecular formula is C35H53N7O6. The number of fused-ring (bicyclic) bond motifs is 3. The highest BCUT2D eigenvalue weighted by Crippen LogP contribution is 2.36. The fourth-order valence-electron chi connectivity index (χ4n) is 7.83. The van der Waals surface area contributed by atoms with Crippen molar-refractivity contribution in [2.45, 2.75) is 89.2 Å². The van der Waals surface area contributed by atoms with E-state index in [1.165, 1.54) is 0 Å². The molecule has 2 N–H and O–H groups in total. The molecule has 264 valence electrons. The fourth-order valence-corrected chi connectivity index (χ4v) is 7.83. The molecule has 2 unspecified atom stereocenters. The van der Waals surface area contributed by atoms with E-state index in [9.17, 15) is 24.3 Å². The molecule has 5 rings (SSSR count). The first-order valence-electron chi connectivity index (χ1n) is 17.3. The normalized spacial score (nSPS) is 23.3. The maximum absolute atomic E-state index is 13.2. The molecule has 3 saturated heterocycles. The van der Waals surface area contributed by atoms with Crippen molar-refractivity contribution in [2.75, 3.05) is 60.4 Å². The van der Waals surface area contributed by atoms with Crippen LogP contribution in [-0.4, -0.2) is 143 Å². The molecule has 13 heteroatoms. The van der Waals surface area contributed by atoms with Crippen LogP contribution in [0.3, 0.4) is 0 Å². The Kier molecular flexibility index (Phi) is 11.3. The lowest BCUT2D eigenvalue weighted by Gasteiger charge is -2.40. The van der Waals surface area contributed by atoms with E-state index in [-0.39, 0.29) is 60.0 Å². The van der Waals surface area contributed by atoms with Crippen LogP contribution in [0.15, 0.2) is 35.1 Å². The molecule has 4 amide bonds. The van der Waals surface area contributed by atoms with Crippen molar-refractivity contribution in [3.8, 4) is 5.75 Å². The van der Waals surface area contributed by atoms with Crippen LogP contribution in [0, 0.1) is 0 Å². The Hall–Kier alpha value is -3.68. The van der Waals surface area contributed by atoms with Crippen LogP contribution in [0.4, 0.5) is 9.59 Å². The van der Waals surface area contributed by atoms with Gasteiger partial charge in [-0.05, 0) is 58.1 Å². The average molecular weight is 668 g/mol. The number of rotatable bonds is 11. The van der Waals surface area contributed by atoms with Gasteiger partial charge in [-0.2, -0.15) is 0 Å². The number of hydrogen-bond donors (Lipinski definition) is 2. The van der Waals surface area contributed by atoms with Gasteiger partial charge in [-0.3, -0.25) is 19.4 Å². The van der Waals surface area contributed by atoms with E-state index in [2.05, 4.69) is 15.1 Å².